The van der Waals surface area contributed by atoms with Crippen molar-refractivity contribution < 1.29 is 4.74 Å². The normalized spacial score (nSPS) is 13.5. The van der Waals surface area contributed by atoms with E-state index in [-0.39, 0.29) is 0 Å². The van der Waals surface area contributed by atoms with Gasteiger partial charge in [-0.15, -0.1) is 0 Å². The van der Waals surface area contributed by atoms with Crippen LogP contribution in [-0.4, -0.2) is 20.2 Å². The first-order valence-corrected chi connectivity index (χ1v) is 10.1. The van der Waals surface area contributed by atoms with E-state index in [9.17, 15) is 0 Å². The quantitative estimate of drug-likeness (QED) is 0.544. The molecule has 144 valence electrons. The second-order valence-electron chi connectivity index (χ2n) is 7.40. The highest BCUT2D eigenvalue weighted by Gasteiger charge is 2.13. The molecule has 1 aliphatic rings. The predicted octanol–water partition coefficient (Wildman–Crippen LogP) is 5.50. The van der Waals surface area contributed by atoms with E-state index in [0.717, 1.165) is 18.8 Å². The predicted molar refractivity (Wildman–Crippen MR) is 117 cm³/mol. The second-order valence-corrected chi connectivity index (χ2v) is 7.40. The van der Waals surface area contributed by atoms with Crippen molar-refractivity contribution in [1.29, 1.82) is 0 Å². The molecule has 4 rings (SSSR count). The van der Waals surface area contributed by atoms with Gasteiger partial charge in [-0.05, 0) is 60.4 Å². The Morgan fingerprint density at radius 2 is 1.50 bits per heavy atom. The highest BCUT2D eigenvalue weighted by molar-refractivity contribution is 5.51. The highest BCUT2D eigenvalue weighted by atomic mass is 16.5. The monoisotopic (exact) mass is 372 g/mol. The maximum absolute atomic E-state index is 5.40. The Hall–Kier alpha value is -2.94. The fourth-order valence-corrected chi connectivity index (χ4v) is 3.88. The van der Waals surface area contributed by atoms with E-state index in [0.29, 0.717) is 0 Å². The van der Waals surface area contributed by atoms with Gasteiger partial charge in [0.1, 0.15) is 5.75 Å². The average Bonchev–Trinajstić information content (AvgIpc) is 3.29. The molecule has 0 saturated carbocycles. The van der Waals surface area contributed by atoms with Gasteiger partial charge in [0.2, 0.25) is 0 Å². The summed E-state index contributed by atoms with van der Waals surface area (Å²) in [7, 11) is 1.72. The average molecular weight is 373 g/mol. The van der Waals surface area contributed by atoms with Gasteiger partial charge < -0.3 is 14.5 Å². The summed E-state index contributed by atoms with van der Waals surface area (Å²) in [5.41, 5.74) is 5.15. The molecule has 3 aromatic carbocycles. The highest BCUT2D eigenvalue weighted by Crippen LogP contribution is 2.24. The molecule has 0 aromatic heterocycles. The minimum atomic E-state index is 0.842. The van der Waals surface area contributed by atoms with Gasteiger partial charge in [0, 0.05) is 37.6 Å². The zero-order valence-electron chi connectivity index (χ0n) is 16.6. The summed E-state index contributed by atoms with van der Waals surface area (Å²) >= 11 is 0. The minimum absolute atomic E-state index is 0.842. The van der Waals surface area contributed by atoms with E-state index in [2.05, 4.69) is 82.6 Å². The molecule has 3 aromatic rings. The molecule has 28 heavy (non-hydrogen) atoms. The van der Waals surface area contributed by atoms with E-state index >= 15 is 0 Å². The molecule has 3 heteroatoms. The number of methoxy groups -OCH3 is 1. The van der Waals surface area contributed by atoms with Crippen LogP contribution in [0.1, 0.15) is 24.0 Å². The number of hydrogen-bond acceptors (Lipinski definition) is 3. The lowest BCUT2D eigenvalue weighted by molar-refractivity contribution is 0.414. The maximum atomic E-state index is 5.40. The van der Waals surface area contributed by atoms with Gasteiger partial charge in [-0.2, -0.15) is 0 Å². The molecular weight excluding hydrogens is 344 g/mol. The van der Waals surface area contributed by atoms with Crippen LogP contribution in [0, 0.1) is 0 Å². The maximum Gasteiger partial charge on any atom is 0.119 e. The van der Waals surface area contributed by atoms with Gasteiger partial charge in [-0.25, -0.2) is 0 Å². The number of hydrogen-bond donors (Lipinski definition) is 0. The Balaban J connectivity index is 1.53. The molecule has 0 spiro atoms. The van der Waals surface area contributed by atoms with E-state index in [4.69, 9.17) is 4.74 Å². The van der Waals surface area contributed by atoms with Crippen molar-refractivity contribution in [3.8, 4) is 5.75 Å². The second kappa shape index (κ2) is 8.83. The smallest absolute Gasteiger partial charge is 0.119 e. The number of anilines is 2. The zero-order valence-corrected chi connectivity index (χ0v) is 16.6. The standard InChI is InChI=1S/C25H28N2O/c1-28-25-11-7-8-22(18-25)20-27(23-9-3-2-4-10-23)19-21-12-14-24(15-13-21)26-16-5-6-17-26/h2-4,7-15,18H,5-6,16-17,19-20H2,1H3. The summed E-state index contributed by atoms with van der Waals surface area (Å²) in [6.45, 7) is 4.09. The molecule has 0 bridgehead atoms. The van der Waals surface area contributed by atoms with Crippen molar-refractivity contribution in [2.45, 2.75) is 25.9 Å². The summed E-state index contributed by atoms with van der Waals surface area (Å²) in [5, 5.41) is 0. The van der Waals surface area contributed by atoms with Crippen molar-refractivity contribution in [2.24, 2.45) is 0 Å². The van der Waals surface area contributed by atoms with Crippen LogP contribution in [0.4, 0.5) is 11.4 Å². The molecule has 0 aliphatic carbocycles. The third kappa shape index (κ3) is 4.48. The molecule has 1 heterocycles. The number of rotatable bonds is 7. The topological polar surface area (TPSA) is 15.7 Å². The van der Waals surface area contributed by atoms with E-state index in [1.165, 1.54) is 48.4 Å². The molecule has 1 aliphatic heterocycles. The number of benzene rings is 3. The summed E-state index contributed by atoms with van der Waals surface area (Å²) < 4.78 is 5.40. The van der Waals surface area contributed by atoms with Crippen molar-refractivity contribution in [2.75, 3.05) is 30.0 Å². The Morgan fingerprint density at radius 1 is 0.786 bits per heavy atom. The van der Waals surface area contributed by atoms with Crippen LogP contribution in [0.2, 0.25) is 0 Å². The van der Waals surface area contributed by atoms with Gasteiger partial charge in [0.25, 0.3) is 0 Å². The van der Waals surface area contributed by atoms with Crippen molar-refractivity contribution in [1.82, 2.24) is 0 Å². The van der Waals surface area contributed by atoms with Gasteiger partial charge in [0.15, 0.2) is 0 Å². The molecule has 0 radical (unpaired) electrons. The molecule has 0 unspecified atom stereocenters. The van der Waals surface area contributed by atoms with Crippen molar-refractivity contribution in [3.05, 3.63) is 90.0 Å². The number of para-hydroxylation sites is 1. The number of nitrogens with zero attached hydrogens (tertiary/aromatic N) is 2. The lowest BCUT2D eigenvalue weighted by atomic mass is 10.1. The van der Waals surface area contributed by atoms with Crippen LogP contribution in [0.3, 0.4) is 0 Å². The van der Waals surface area contributed by atoms with Gasteiger partial charge in [-0.3, -0.25) is 0 Å². The lowest BCUT2D eigenvalue weighted by Crippen LogP contribution is -2.22. The van der Waals surface area contributed by atoms with Crippen LogP contribution in [0.15, 0.2) is 78.9 Å². The minimum Gasteiger partial charge on any atom is -0.497 e. The molecule has 0 N–H and O–H groups in total. The van der Waals surface area contributed by atoms with Crippen LogP contribution in [0.5, 0.6) is 5.75 Å². The molecule has 1 saturated heterocycles. The van der Waals surface area contributed by atoms with Crippen LogP contribution < -0.4 is 14.5 Å². The summed E-state index contributed by atoms with van der Waals surface area (Å²) in [6, 6.07) is 28.1. The lowest BCUT2D eigenvalue weighted by Gasteiger charge is -2.26. The van der Waals surface area contributed by atoms with Crippen molar-refractivity contribution in [3.63, 3.8) is 0 Å². The first-order chi connectivity index (χ1) is 13.8. The van der Waals surface area contributed by atoms with E-state index < -0.39 is 0 Å². The molecule has 0 amide bonds. The zero-order chi connectivity index (χ0) is 19.2. The Morgan fingerprint density at radius 3 is 2.21 bits per heavy atom. The van der Waals surface area contributed by atoms with E-state index in [1.54, 1.807) is 7.11 Å². The summed E-state index contributed by atoms with van der Waals surface area (Å²) in [5.74, 6) is 0.903. The van der Waals surface area contributed by atoms with Crippen molar-refractivity contribution >= 4 is 11.4 Å². The third-order valence-corrected chi connectivity index (χ3v) is 5.41. The van der Waals surface area contributed by atoms with Gasteiger partial charge in [0.05, 0.1) is 7.11 Å². The molecule has 1 fully saturated rings. The van der Waals surface area contributed by atoms with Gasteiger partial charge >= 0.3 is 0 Å². The molecular formula is C25H28N2O. The fraction of sp³-hybridized carbons (Fsp3) is 0.280. The van der Waals surface area contributed by atoms with Gasteiger partial charge in [-0.1, -0.05) is 42.5 Å². The molecule has 3 nitrogen and oxygen atoms in total. The van der Waals surface area contributed by atoms with E-state index in [1.807, 2.05) is 6.07 Å². The SMILES string of the molecule is COc1cccc(CN(Cc2ccc(N3CCCC3)cc2)c2ccccc2)c1. The Bertz CT molecular complexity index is 871. The summed E-state index contributed by atoms with van der Waals surface area (Å²) in [4.78, 5) is 4.90. The fourth-order valence-electron chi connectivity index (χ4n) is 3.88. The van der Waals surface area contributed by atoms with Crippen LogP contribution >= 0.6 is 0 Å². The third-order valence-electron chi connectivity index (χ3n) is 5.41. The van der Waals surface area contributed by atoms with Crippen LogP contribution in [-0.2, 0) is 13.1 Å². The van der Waals surface area contributed by atoms with Crippen LogP contribution in [0.25, 0.3) is 0 Å². The summed E-state index contributed by atoms with van der Waals surface area (Å²) in [6.07, 6.45) is 2.62. The largest absolute Gasteiger partial charge is 0.497 e. The first kappa shape index (κ1) is 18.4. The first-order valence-electron chi connectivity index (χ1n) is 10.1. The molecule has 0 atom stereocenters. The Labute approximate surface area is 168 Å². The Kier molecular flexibility index (Phi) is 5.81. The number of ether oxygens (including phenoxy) is 1.